The summed E-state index contributed by atoms with van der Waals surface area (Å²) < 4.78 is 0. The predicted molar refractivity (Wildman–Crippen MR) is 63.7 cm³/mol. The van der Waals surface area contributed by atoms with Crippen molar-refractivity contribution in [2.45, 2.75) is 58.4 Å². The summed E-state index contributed by atoms with van der Waals surface area (Å²) in [5.41, 5.74) is 0.682. The maximum Gasteiger partial charge on any atom is 0.00702 e. The van der Waals surface area contributed by atoms with E-state index in [0.29, 0.717) is 5.41 Å². The van der Waals surface area contributed by atoms with Gasteiger partial charge in [-0.15, -0.1) is 0 Å². The largest absolute Gasteiger partial charge is 0.314 e. The van der Waals surface area contributed by atoms with E-state index in [1.165, 1.54) is 38.6 Å². The van der Waals surface area contributed by atoms with Gasteiger partial charge in [0.15, 0.2) is 0 Å². The Labute approximate surface area is 94.0 Å². The molecule has 3 aliphatic carbocycles. The zero-order valence-corrected chi connectivity index (χ0v) is 10.3. The number of hydrogen-bond donors (Lipinski definition) is 1. The van der Waals surface area contributed by atoms with E-state index in [1.807, 2.05) is 0 Å². The van der Waals surface area contributed by atoms with Crippen molar-refractivity contribution >= 4 is 0 Å². The summed E-state index contributed by atoms with van der Waals surface area (Å²) in [5.74, 6) is 3.16. The predicted octanol–water partition coefficient (Wildman–Crippen LogP) is 3.20. The fraction of sp³-hybridized carbons (Fsp3) is 1.00. The van der Waals surface area contributed by atoms with Crippen molar-refractivity contribution in [3.05, 3.63) is 0 Å². The molecule has 86 valence electrons. The lowest BCUT2D eigenvalue weighted by Crippen LogP contribution is -2.53. The van der Waals surface area contributed by atoms with E-state index in [9.17, 15) is 0 Å². The number of hydrogen-bond acceptors (Lipinski definition) is 1. The molecule has 1 heterocycles. The van der Waals surface area contributed by atoms with Crippen LogP contribution < -0.4 is 5.32 Å². The van der Waals surface area contributed by atoms with Gasteiger partial charge in [-0.3, -0.25) is 0 Å². The molecular formula is C14H25N. The molecule has 4 rings (SSSR count). The van der Waals surface area contributed by atoms with Crippen LogP contribution in [0, 0.1) is 23.2 Å². The molecule has 1 N–H and O–H groups in total. The standard InChI is InChI=1S/C14H25N/c1-14(2)11-6-5-10(13(14)9-11)8-12-4-3-7-15-12/h10-13,15H,3-9H2,1-2H3. The van der Waals surface area contributed by atoms with Crippen LogP contribution in [0.1, 0.15) is 52.4 Å². The zero-order valence-electron chi connectivity index (χ0n) is 10.3. The molecule has 3 saturated carbocycles. The third-order valence-corrected chi connectivity index (χ3v) is 5.75. The fourth-order valence-corrected chi connectivity index (χ4v) is 4.57. The molecule has 0 amide bonds. The van der Waals surface area contributed by atoms with E-state index in [0.717, 1.165) is 23.8 Å². The van der Waals surface area contributed by atoms with E-state index in [-0.39, 0.29) is 0 Å². The molecule has 0 aromatic heterocycles. The lowest BCUT2D eigenvalue weighted by Gasteiger charge is -2.60. The van der Waals surface area contributed by atoms with Gasteiger partial charge in [0.05, 0.1) is 0 Å². The lowest BCUT2D eigenvalue weighted by atomic mass is 9.45. The first kappa shape index (κ1) is 10.1. The van der Waals surface area contributed by atoms with Gasteiger partial charge < -0.3 is 5.32 Å². The normalized spacial score (nSPS) is 47.6. The first-order chi connectivity index (χ1) is 7.18. The minimum absolute atomic E-state index is 0.682. The molecule has 0 aromatic rings. The van der Waals surface area contributed by atoms with Crippen LogP contribution in [0.15, 0.2) is 0 Å². The summed E-state index contributed by atoms with van der Waals surface area (Å²) in [6.07, 6.45) is 8.91. The Bertz CT molecular complexity index is 238. The molecule has 15 heavy (non-hydrogen) atoms. The summed E-state index contributed by atoms with van der Waals surface area (Å²) >= 11 is 0. The van der Waals surface area contributed by atoms with Crippen LogP contribution in [0.5, 0.6) is 0 Å². The number of fused-ring (bicyclic) bond motifs is 2. The number of rotatable bonds is 2. The minimum Gasteiger partial charge on any atom is -0.314 e. The van der Waals surface area contributed by atoms with Crippen LogP contribution in [0.2, 0.25) is 0 Å². The molecule has 2 bridgehead atoms. The van der Waals surface area contributed by atoms with Gasteiger partial charge in [0.2, 0.25) is 0 Å². The highest BCUT2D eigenvalue weighted by Gasteiger charge is 2.54. The van der Waals surface area contributed by atoms with Gasteiger partial charge in [-0.05, 0) is 68.2 Å². The summed E-state index contributed by atoms with van der Waals surface area (Å²) in [4.78, 5) is 0. The first-order valence-corrected chi connectivity index (χ1v) is 6.91. The first-order valence-electron chi connectivity index (χ1n) is 6.91. The molecule has 1 nitrogen and oxygen atoms in total. The van der Waals surface area contributed by atoms with Gasteiger partial charge in [0.25, 0.3) is 0 Å². The van der Waals surface area contributed by atoms with Crippen molar-refractivity contribution in [3.63, 3.8) is 0 Å². The second kappa shape index (κ2) is 3.48. The van der Waals surface area contributed by atoms with Crippen molar-refractivity contribution in [2.24, 2.45) is 23.2 Å². The Balaban J connectivity index is 1.61. The lowest BCUT2D eigenvalue weighted by molar-refractivity contribution is -0.108. The van der Waals surface area contributed by atoms with Crippen molar-refractivity contribution in [3.8, 4) is 0 Å². The number of nitrogens with one attached hydrogen (secondary N) is 1. The van der Waals surface area contributed by atoms with Crippen LogP contribution in [0.4, 0.5) is 0 Å². The van der Waals surface area contributed by atoms with Crippen molar-refractivity contribution in [1.82, 2.24) is 5.32 Å². The molecule has 4 aliphatic rings. The Morgan fingerprint density at radius 1 is 1.20 bits per heavy atom. The monoisotopic (exact) mass is 207 g/mol. The highest BCUT2D eigenvalue weighted by Crippen LogP contribution is 2.62. The summed E-state index contributed by atoms with van der Waals surface area (Å²) in [7, 11) is 0. The van der Waals surface area contributed by atoms with E-state index in [2.05, 4.69) is 19.2 Å². The van der Waals surface area contributed by atoms with Crippen molar-refractivity contribution in [1.29, 1.82) is 0 Å². The maximum atomic E-state index is 3.67. The van der Waals surface area contributed by atoms with Crippen LogP contribution in [0.25, 0.3) is 0 Å². The summed E-state index contributed by atoms with van der Waals surface area (Å²) in [6.45, 7) is 6.30. The molecule has 1 heteroatoms. The molecule has 4 atom stereocenters. The third kappa shape index (κ3) is 1.54. The van der Waals surface area contributed by atoms with Crippen molar-refractivity contribution in [2.75, 3.05) is 6.54 Å². The molecule has 4 unspecified atom stereocenters. The molecule has 0 aromatic carbocycles. The van der Waals surface area contributed by atoms with E-state index < -0.39 is 0 Å². The molecule has 4 fully saturated rings. The average molecular weight is 207 g/mol. The third-order valence-electron chi connectivity index (χ3n) is 5.75. The van der Waals surface area contributed by atoms with Crippen LogP contribution in [-0.2, 0) is 0 Å². The van der Waals surface area contributed by atoms with Crippen molar-refractivity contribution < 1.29 is 0 Å². The average Bonchev–Trinajstić information content (AvgIpc) is 2.70. The second-order valence-electron chi connectivity index (χ2n) is 6.73. The van der Waals surface area contributed by atoms with Crippen LogP contribution in [0.3, 0.4) is 0 Å². The van der Waals surface area contributed by atoms with E-state index in [4.69, 9.17) is 0 Å². The van der Waals surface area contributed by atoms with Gasteiger partial charge >= 0.3 is 0 Å². The topological polar surface area (TPSA) is 12.0 Å². The van der Waals surface area contributed by atoms with Gasteiger partial charge in [-0.2, -0.15) is 0 Å². The SMILES string of the molecule is CC1(C)C2CCC(CC3CCCN3)C1C2. The summed E-state index contributed by atoms with van der Waals surface area (Å²) in [5, 5.41) is 3.67. The Kier molecular flexibility index (Phi) is 2.35. The van der Waals surface area contributed by atoms with Crippen LogP contribution in [-0.4, -0.2) is 12.6 Å². The maximum absolute atomic E-state index is 3.67. The summed E-state index contributed by atoms with van der Waals surface area (Å²) in [6, 6.07) is 0.864. The quantitative estimate of drug-likeness (QED) is 0.733. The molecule has 1 aliphatic heterocycles. The fourth-order valence-electron chi connectivity index (χ4n) is 4.57. The zero-order chi connectivity index (χ0) is 10.5. The molecule has 0 spiro atoms. The van der Waals surface area contributed by atoms with Crippen LogP contribution >= 0.6 is 0 Å². The molecular weight excluding hydrogens is 182 g/mol. The second-order valence-corrected chi connectivity index (χ2v) is 6.73. The smallest absolute Gasteiger partial charge is 0.00702 e. The highest BCUT2D eigenvalue weighted by molar-refractivity contribution is 5.03. The van der Waals surface area contributed by atoms with Gasteiger partial charge in [0.1, 0.15) is 0 Å². The van der Waals surface area contributed by atoms with Gasteiger partial charge in [-0.1, -0.05) is 13.8 Å². The van der Waals surface area contributed by atoms with E-state index >= 15 is 0 Å². The molecule has 0 radical (unpaired) electrons. The molecule has 1 saturated heterocycles. The Morgan fingerprint density at radius 2 is 2.07 bits per heavy atom. The highest BCUT2D eigenvalue weighted by atomic mass is 14.9. The Hall–Kier alpha value is -0.0400. The Morgan fingerprint density at radius 3 is 2.67 bits per heavy atom. The minimum atomic E-state index is 0.682. The van der Waals surface area contributed by atoms with E-state index in [1.54, 1.807) is 6.42 Å². The van der Waals surface area contributed by atoms with Gasteiger partial charge in [-0.25, -0.2) is 0 Å². The van der Waals surface area contributed by atoms with Gasteiger partial charge in [0, 0.05) is 6.04 Å².